The van der Waals surface area contributed by atoms with Gasteiger partial charge in [0.2, 0.25) is 0 Å². The third-order valence-corrected chi connectivity index (χ3v) is 6.55. The molecule has 0 heterocycles. The number of nitrogens with one attached hydrogen (secondary N) is 2. The first-order chi connectivity index (χ1) is 14.5. The van der Waals surface area contributed by atoms with Crippen molar-refractivity contribution < 1.29 is 25.6 Å². The first kappa shape index (κ1) is 22.7. The smallest absolute Gasteiger partial charge is 0.261 e. The van der Waals surface area contributed by atoms with Gasteiger partial charge >= 0.3 is 0 Å². The van der Waals surface area contributed by atoms with Crippen molar-refractivity contribution in [2.24, 2.45) is 0 Å². The van der Waals surface area contributed by atoms with E-state index in [2.05, 4.69) is 9.44 Å². The van der Waals surface area contributed by atoms with Crippen molar-refractivity contribution in [2.45, 2.75) is 4.90 Å². The van der Waals surface area contributed by atoms with Gasteiger partial charge in [0.25, 0.3) is 20.0 Å². The van der Waals surface area contributed by atoms with Crippen LogP contribution in [0.3, 0.4) is 0 Å². The normalized spacial score (nSPS) is 12.1. The van der Waals surface area contributed by atoms with Crippen LogP contribution in [0.2, 0.25) is 5.02 Å². The average Bonchev–Trinajstić information content (AvgIpc) is 2.71. The van der Waals surface area contributed by atoms with Crippen molar-refractivity contribution in [3.05, 3.63) is 94.4 Å². The minimum atomic E-state index is -4.16. The van der Waals surface area contributed by atoms with Crippen LogP contribution in [0.4, 0.5) is 20.2 Å². The van der Waals surface area contributed by atoms with E-state index in [0.29, 0.717) is 22.7 Å². The predicted octanol–water partition coefficient (Wildman–Crippen LogP) is 4.83. The van der Waals surface area contributed by atoms with Crippen LogP contribution < -0.4 is 9.44 Å². The zero-order valence-electron chi connectivity index (χ0n) is 15.6. The summed E-state index contributed by atoms with van der Waals surface area (Å²) in [7, 11) is -7.98. The second kappa shape index (κ2) is 9.04. The molecule has 0 bridgehead atoms. The van der Waals surface area contributed by atoms with Crippen LogP contribution in [-0.2, 0) is 20.0 Å². The van der Waals surface area contributed by atoms with E-state index >= 15 is 0 Å². The summed E-state index contributed by atoms with van der Waals surface area (Å²) in [6.07, 6.45) is 1.39. The van der Waals surface area contributed by atoms with E-state index in [1.54, 1.807) is 24.3 Å². The Kier molecular flexibility index (Phi) is 6.63. The lowest BCUT2D eigenvalue weighted by Crippen LogP contribution is -2.13. The van der Waals surface area contributed by atoms with Gasteiger partial charge in [-0.3, -0.25) is 9.44 Å². The molecule has 0 radical (unpaired) electrons. The van der Waals surface area contributed by atoms with Crippen LogP contribution >= 0.6 is 11.6 Å². The topological polar surface area (TPSA) is 92.3 Å². The van der Waals surface area contributed by atoms with Crippen molar-refractivity contribution in [1.82, 2.24) is 0 Å². The van der Waals surface area contributed by atoms with Crippen LogP contribution in [0.1, 0.15) is 5.56 Å². The average molecular weight is 485 g/mol. The van der Waals surface area contributed by atoms with Gasteiger partial charge < -0.3 is 0 Å². The Balaban J connectivity index is 1.69. The first-order valence-corrected chi connectivity index (χ1v) is 12.0. The maximum Gasteiger partial charge on any atom is 0.261 e. The molecule has 11 heteroatoms. The highest BCUT2D eigenvalue weighted by molar-refractivity contribution is 7.95. The molecule has 0 aliphatic carbocycles. The van der Waals surface area contributed by atoms with Crippen molar-refractivity contribution in [1.29, 1.82) is 0 Å². The molecule has 2 N–H and O–H groups in total. The molecule has 0 amide bonds. The second-order valence-corrected chi connectivity index (χ2v) is 9.95. The number of sulfonamides is 2. The molecular formula is C20H15ClF2N2O4S2. The van der Waals surface area contributed by atoms with Gasteiger partial charge in [0, 0.05) is 16.4 Å². The minimum Gasteiger partial charge on any atom is -0.280 e. The summed E-state index contributed by atoms with van der Waals surface area (Å²) in [5, 5.41) is 1.51. The third kappa shape index (κ3) is 6.27. The zero-order valence-corrected chi connectivity index (χ0v) is 18.0. The summed E-state index contributed by atoms with van der Waals surface area (Å²) >= 11 is 5.78. The van der Waals surface area contributed by atoms with Gasteiger partial charge in [-0.05, 0) is 66.2 Å². The van der Waals surface area contributed by atoms with Crippen molar-refractivity contribution in [2.75, 3.05) is 9.44 Å². The lowest BCUT2D eigenvalue weighted by molar-refractivity contribution is 0.504. The fraction of sp³-hybridized carbons (Fsp3) is 0. The Morgan fingerprint density at radius 2 is 1.32 bits per heavy atom. The Bertz CT molecular complexity index is 1330. The van der Waals surface area contributed by atoms with Gasteiger partial charge in [0.1, 0.15) is 0 Å². The van der Waals surface area contributed by atoms with E-state index < -0.39 is 36.6 Å². The first-order valence-electron chi connectivity index (χ1n) is 8.58. The van der Waals surface area contributed by atoms with Crippen LogP contribution in [0.25, 0.3) is 6.08 Å². The molecule has 3 aromatic carbocycles. The Morgan fingerprint density at radius 3 is 1.90 bits per heavy atom. The van der Waals surface area contributed by atoms with Crippen LogP contribution in [-0.4, -0.2) is 16.8 Å². The highest BCUT2D eigenvalue weighted by Gasteiger charge is 2.17. The van der Waals surface area contributed by atoms with Crippen molar-refractivity contribution >= 4 is 49.1 Å². The molecule has 0 saturated carbocycles. The standard InChI is InChI=1S/C20H15ClF2N2O4S2/c21-15-3-1-14(2-4-15)11-12-30(26,27)24-16-5-7-17(8-6-16)25-31(28,29)18-9-10-19(22)20(23)13-18/h1-13,24-25H/b12-11+. The molecule has 0 atom stereocenters. The van der Waals surface area contributed by atoms with E-state index in [1.807, 2.05) is 0 Å². The Hall–Kier alpha value is -2.95. The summed E-state index contributed by atoms with van der Waals surface area (Å²) in [5.74, 6) is -2.46. The molecule has 31 heavy (non-hydrogen) atoms. The molecule has 3 rings (SSSR count). The largest absolute Gasteiger partial charge is 0.280 e. The summed E-state index contributed by atoms with van der Waals surface area (Å²) in [4.78, 5) is -0.455. The van der Waals surface area contributed by atoms with Crippen molar-refractivity contribution in [3.63, 3.8) is 0 Å². The Morgan fingerprint density at radius 1 is 0.742 bits per heavy atom. The lowest BCUT2D eigenvalue weighted by Gasteiger charge is -2.10. The molecule has 0 fully saturated rings. The molecule has 162 valence electrons. The van der Waals surface area contributed by atoms with E-state index in [-0.39, 0.29) is 11.4 Å². The fourth-order valence-electron chi connectivity index (χ4n) is 2.40. The van der Waals surface area contributed by atoms with E-state index in [4.69, 9.17) is 11.6 Å². The van der Waals surface area contributed by atoms with E-state index in [9.17, 15) is 25.6 Å². The summed E-state index contributed by atoms with van der Waals surface area (Å²) in [6.45, 7) is 0. The number of hydrogen-bond donors (Lipinski definition) is 2. The number of rotatable bonds is 7. The molecule has 6 nitrogen and oxygen atoms in total. The highest BCUT2D eigenvalue weighted by atomic mass is 35.5. The van der Waals surface area contributed by atoms with Gasteiger partial charge in [0.15, 0.2) is 11.6 Å². The Labute approximate surface area is 183 Å². The summed E-state index contributed by atoms with van der Waals surface area (Å²) in [6, 6.07) is 14.1. The van der Waals surface area contributed by atoms with Crippen LogP contribution in [0.15, 0.2) is 77.0 Å². The van der Waals surface area contributed by atoms with Gasteiger partial charge in [-0.15, -0.1) is 0 Å². The molecule has 0 unspecified atom stereocenters. The molecule has 0 saturated heterocycles. The lowest BCUT2D eigenvalue weighted by atomic mass is 10.2. The summed E-state index contributed by atoms with van der Waals surface area (Å²) < 4.78 is 79.8. The maximum absolute atomic E-state index is 13.3. The third-order valence-electron chi connectivity index (χ3n) is 3.91. The van der Waals surface area contributed by atoms with Crippen LogP contribution in [0.5, 0.6) is 0 Å². The number of halogens is 3. The van der Waals surface area contributed by atoms with Gasteiger partial charge in [-0.2, -0.15) is 0 Å². The van der Waals surface area contributed by atoms with Crippen molar-refractivity contribution in [3.8, 4) is 0 Å². The minimum absolute atomic E-state index is 0.101. The summed E-state index contributed by atoms with van der Waals surface area (Å²) in [5.41, 5.74) is 0.928. The molecule has 0 spiro atoms. The number of anilines is 2. The van der Waals surface area contributed by atoms with Crippen LogP contribution in [0, 0.1) is 11.6 Å². The number of hydrogen-bond acceptors (Lipinski definition) is 4. The van der Waals surface area contributed by atoms with E-state index in [1.165, 1.54) is 30.3 Å². The van der Waals surface area contributed by atoms with Gasteiger partial charge in [-0.1, -0.05) is 23.7 Å². The number of benzene rings is 3. The molecular weight excluding hydrogens is 470 g/mol. The van der Waals surface area contributed by atoms with Gasteiger partial charge in [-0.25, -0.2) is 25.6 Å². The fourth-order valence-corrected chi connectivity index (χ4v) is 4.47. The molecule has 0 aliphatic heterocycles. The highest BCUT2D eigenvalue weighted by Crippen LogP contribution is 2.21. The van der Waals surface area contributed by atoms with E-state index in [0.717, 1.165) is 11.5 Å². The second-order valence-electron chi connectivity index (χ2n) is 6.26. The van der Waals surface area contributed by atoms with Gasteiger partial charge in [0.05, 0.1) is 10.3 Å². The maximum atomic E-state index is 13.3. The molecule has 0 aromatic heterocycles. The molecule has 3 aromatic rings. The zero-order chi connectivity index (χ0) is 22.6. The molecule has 0 aliphatic rings. The monoisotopic (exact) mass is 484 g/mol. The SMILES string of the molecule is O=S(=O)(/C=C/c1ccc(Cl)cc1)Nc1ccc(NS(=O)(=O)c2ccc(F)c(F)c2)cc1. The predicted molar refractivity (Wildman–Crippen MR) is 117 cm³/mol. The quantitative estimate of drug-likeness (QED) is 0.502.